The fraction of sp³-hybridized carbons (Fsp3) is 0.480. The summed E-state index contributed by atoms with van der Waals surface area (Å²) in [5.41, 5.74) is 1.43. The fourth-order valence-corrected chi connectivity index (χ4v) is 5.15. The molecule has 2 aliphatic rings. The molecule has 0 bridgehead atoms. The molecule has 4 nitrogen and oxygen atoms in total. The lowest BCUT2D eigenvalue weighted by atomic mass is 9.69. The van der Waals surface area contributed by atoms with E-state index in [4.69, 9.17) is 14.7 Å². The highest BCUT2D eigenvalue weighted by Gasteiger charge is 2.36. The van der Waals surface area contributed by atoms with Gasteiger partial charge in [-0.25, -0.2) is 0 Å². The Kier molecular flexibility index (Phi) is 6.32. The lowest BCUT2D eigenvalue weighted by Crippen LogP contribution is -2.32. The second-order valence-electron chi connectivity index (χ2n) is 8.26. The van der Waals surface area contributed by atoms with Crippen LogP contribution in [0.5, 0.6) is 11.5 Å². The summed E-state index contributed by atoms with van der Waals surface area (Å²) in [7, 11) is 1.67. The second-order valence-corrected chi connectivity index (χ2v) is 9.18. The number of aliphatic hydroxyl groups excluding tert-OH is 1. The minimum atomic E-state index is -0.337. The van der Waals surface area contributed by atoms with E-state index in [1.165, 1.54) is 24.2 Å². The molecule has 0 unspecified atom stereocenters. The first kappa shape index (κ1) is 20.8. The summed E-state index contributed by atoms with van der Waals surface area (Å²) in [6.07, 6.45) is 7.64. The Morgan fingerprint density at radius 2 is 1.87 bits per heavy atom. The van der Waals surface area contributed by atoms with Gasteiger partial charge in [0.25, 0.3) is 0 Å². The zero-order valence-electron chi connectivity index (χ0n) is 17.3. The van der Waals surface area contributed by atoms with Gasteiger partial charge in [-0.3, -0.25) is 0 Å². The second kappa shape index (κ2) is 9.13. The van der Waals surface area contributed by atoms with Crippen LogP contribution < -0.4 is 9.47 Å². The molecule has 1 aromatic carbocycles. The zero-order valence-corrected chi connectivity index (χ0v) is 18.1. The highest BCUT2D eigenvalue weighted by atomic mass is 32.1. The number of methoxy groups -OCH3 is 1. The average molecular weight is 422 g/mol. The molecule has 2 aliphatic carbocycles. The molecule has 0 spiro atoms. The summed E-state index contributed by atoms with van der Waals surface area (Å²) in [6, 6.07) is 10.2. The van der Waals surface area contributed by atoms with Gasteiger partial charge in [0.2, 0.25) is 0 Å². The van der Waals surface area contributed by atoms with Crippen LogP contribution in [-0.4, -0.2) is 24.4 Å². The van der Waals surface area contributed by atoms with Crippen LogP contribution in [0.15, 0.2) is 29.6 Å². The van der Waals surface area contributed by atoms with E-state index in [1.54, 1.807) is 7.11 Å². The number of hydrogen-bond acceptors (Lipinski definition) is 5. The van der Waals surface area contributed by atoms with Gasteiger partial charge < -0.3 is 14.6 Å². The summed E-state index contributed by atoms with van der Waals surface area (Å²) in [6.45, 7) is 0. The van der Waals surface area contributed by atoms with Gasteiger partial charge in [-0.05, 0) is 75.1 Å². The molecule has 0 aliphatic heterocycles. The third-order valence-electron chi connectivity index (χ3n) is 6.27. The number of nitrogens with zero attached hydrogens (tertiary/aromatic N) is 1. The van der Waals surface area contributed by atoms with Crippen LogP contribution in [0.25, 0.3) is 0 Å². The van der Waals surface area contributed by atoms with Crippen LogP contribution in [-0.2, 0) is 5.41 Å². The van der Waals surface area contributed by atoms with Crippen molar-refractivity contribution in [3.05, 3.63) is 45.6 Å². The van der Waals surface area contributed by atoms with Gasteiger partial charge in [-0.15, -0.1) is 11.3 Å². The summed E-state index contributed by atoms with van der Waals surface area (Å²) >= 11 is 1.50. The molecule has 0 saturated heterocycles. The molecule has 30 heavy (non-hydrogen) atoms. The summed E-state index contributed by atoms with van der Waals surface area (Å²) in [5, 5.41) is 21.0. The molecule has 1 heterocycles. The average Bonchev–Trinajstić information content (AvgIpc) is 3.45. The molecule has 2 aromatic rings. The highest BCUT2D eigenvalue weighted by Crippen LogP contribution is 2.43. The van der Waals surface area contributed by atoms with Gasteiger partial charge in [0.15, 0.2) is 11.5 Å². The zero-order chi connectivity index (χ0) is 21.0. The van der Waals surface area contributed by atoms with E-state index < -0.39 is 0 Å². The van der Waals surface area contributed by atoms with Crippen molar-refractivity contribution >= 4 is 11.3 Å². The third kappa shape index (κ3) is 4.48. The SMILES string of the molecule is COc1ccc([C@]2(C#Cc3cc(C#N)cs3)CC[C@@H](O)CC2)cc1OC1CCCC1. The number of nitriles is 1. The van der Waals surface area contributed by atoms with Crippen LogP contribution in [0.4, 0.5) is 0 Å². The van der Waals surface area contributed by atoms with Crippen molar-refractivity contribution in [2.45, 2.75) is 69.0 Å². The van der Waals surface area contributed by atoms with Gasteiger partial charge in [-0.1, -0.05) is 17.9 Å². The minimum absolute atomic E-state index is 0.250. The topological polar surface area (TPSA) is 62.5 Å². The number of aliphatic hydroxyl groups is 1. The predicted molar refractivity (Wildman–Crippen MR) is 118 cm³/mol. The first-order chi connectivity index (χ1) is 14.6. The first-order valence-electron chi connectivity index (χ1n) is 10.7. The van der Waals surface area contributed by atoms with Crippen molar-refractivity contribution < 1.29 is 14.6 Å². The van der Waals surface area contributed by atoms with Crippen molar-refractivity contribution in [2.75, 3.05) is 7.11 Å². The summed E-state index contributed by atoms with van der Waals surface area (Å²) in [4.78, 5) is 0.896. The van der Waals surface area contributed by atoms with E-state index in [0.29, 0.717) is 5.56 Å². The molecular weight excluding hydrogens is 394 g/mol. The van der Waals surface area contributed by atoms with E-state index >= 15 is 0 Å². The van der Waals surface area contributed by atoms with Crippen molar-refractivity contribution in [1.82, 2.24) is 0 Å². The molecule has 4 rings (SSSR count). The van der Waals surface area contributed by atoms with E-state index in [1.807, 2.05) is 17.5 Å². The Bertz CT molecular complexity index is 980. The fourth-order valence-electron chi connectivity index (χ4n) is 4.48. The molecule has 156 valence electrons. The van der Waals surface area contributed by atoms with E-state index in [0.717, 1.165) is 60.5 Å². The molecule has 2 fully saturated rings. The third-order valence-corrected chi connectivity index (χ3v) is 7.12. The predicted octanol–water partition coefficient (Wildman–Crippen LogP) is 5.17. The van der Waals surface area contributed by atoms with Gasteiger partial charge in [0.05, 0.1) is 35.2 Å². The van der Waals surface area contributed by atoms with Crippen molar-refractivity contribution in [1.29, 1.82) is 5.26 Å². The largest absolute Gasteiger partial charge is 0.493 e. The normalized spacial score (nSPS) is 24.0. The molecule has 0 atom stereocenters. The van der Waals surface area contributed by atoms with Crippen LogP contribution in [0.3, 0.4) is 0 Å². The first-order valence-corrected chi connectivity index (χ1v) is 11.5. The number of ether oxygens (including phenoxy) is 2. The minimum Gasteiger partial charge on any atom is -0.493 e. The Hall–Kier alpha value is -2.47. The Labute approximate surface area is 182 Å². The Morgan fingerprint density at radius 1 is 1.10 bits per heavy atom. The summed E-state index contributed by atoms with van der Waals surface area (Å²) < 4.78 is 11.9. The van der Waals surface area contributed by atoms with Crippen LogP contribution >= 0.6 is 11.3 Å². The van der Waals surface area contributed by atoms with Crippen molar-refractivity contribution in [3.8, 4) is 29.4 Å². The molecule has 1 aromatic heterocycles. The molecule has 1 N–H and O–H groups in total. The van der Waals surface area contributed by atoms with Gasteiger partial charge in [0.1, 0.15) is 6.07 Å². The van der Waals surface area contributed by atoms with Crippen molar-refractivity contribution in [2.24, 2.45) is 0 Å². The monoisotopic (exact) mass is 421 g/mol. The lowest BCUT2D eigenvalue weighted by molar-refractivity contribution is 0.110. The van der Waals surface area contributed by atoms with Crippen LogP contribution in [0, 0.1) is 23.2 Å². The molecular formula is C25H27NO3S. The van der Waals surface area contributed by atoms with Gasteiger partial charge in [0, 0.05) is 5.38 Å². The standard InChI is InChI=1S/C25H27NO3S/c1-28-23-7-6-19(15-24(23)29-21-4-2-3-5-21)25(11-8-20(27)9-12-25)13-10-22-14-18(16-26)17-30-22/h6-7,14-15,17,20-21,27H,2-5,8-9,11-12H2,1H3/t20-,25-. The number of benzene rings is 1. The van der Waals surface area contributed by atoms with Gasteiger partial charge >= 0.3 is 0 Å². The number of rotatable bonds is 4. The maximum atomic E-state index is 10.1. The molecule has 0 amide bonds. The summed E-state index contributed by atoms with van der Waals surface area (Å²) in [5.74, 6) is 8.38. The van der Waals surface area contributed by atoms with E-state index in [-0.39, 0.29) is 17.6 Å². The lowest BCUT2D eigenvalue weighted by Gasteiger charge is -2.35. The Morgan fingerprint density at radius 3 is 2.53 bits per heavy atom. The number of thiophene rings is 1. The smallest absolute Gasteiger partial charge is 0.161 e. The maximum absolute atomic E-state index is 10.1. The van der Waals surface area contributed by atoms with Crippen LogP contribution in [0.2, 0.25) is 0 Å². The van der Waals surface area contributed by atoms with E-state index in [2.05, 4.69) is 30.0 Å². The Balaban J connectivity index is 1.69. The van der Waals surface area contributed by atoms with E-state index in [9.17, 15) is 5.11 Å². The molecule has 5 heteroatoms. The highest BCUT2D eigenvalue weighted by molar-refractivity contribution is 7.10. The van der Waals surface area contributed by atoms with Crippen LogP contribution in [0.1, 0.15) is 67.4 Å². The number of hydrogen-bond donors (Lipinski definition) is 1. The quantitative estimate of drug-likeness (QED) is 0.692. The maximum Gasteiger partial charge on any atom is 0.161 e. The molecule has 2 saturated carbocycles. The van der Waals surface area contributed by atoms with Gasteiger partial charge in [-0.2, -0.15) is 5.26 Å². The molecule has 0 radical (unpaired) electrons. The van der Waals surface area contributed by atoms with Crippen molar-refractivity contribution in [3.63, 3.8) is 0 Å².